The summed E-state index contributed by atoms with van der Waals surface area (Å²) >= 11 is 6.36. The molecule has 7 nitrogen and oxygen atoms in total. The topological polar surface area (TPSA) is 75.1 Å². The summed E-state index contributed by atoms with van der Waals surface area (Å²) in [4.78, 5) is 23.8. The first-order valence-corrected chi connectivity index (χ1v) is 10.4. The zero-order chi connectivity index (χ0) is 21.3. The van der Waals surface area contributed by atoms with Crippen LogP contribution in [0.4, 0.5) is 17.5 Å². The first-order chi connectivity index (χ1) is 14.5. The highest BCUT2D eigenvalue weighted by molar-refractivity contribution is 6.32. The van der Waals surface area contributed by atoms with Crippen molar-refractivity contribution in [3.05, 3.63) is 58.0 Å². The quantitative estimate of drug-likeness (QED) is 0.646. The van der Waals surface area contributed by atoms with Gasteiger partial charge in [0.05, 0.1) is 17.3 Å². The predicted molar refractivity (Wildman–Crippen MR) is 124 cm³/mol. The summed E-state index contributed by atoms with van der Waals surface area (Å²) in [6.45, 7) is 5.85. The van der Waals surface area contributed by atoms with E-state index in [9.17, 15) is 4.79 Å². The van der Waals surface area contributed by atoms with Gasteiger partial charge >= 0.3 is 0 Å². The van der Waals surface area contributed by atoms with E-state index in [1.165, 1.54) is 6.42 Å². The van der Waals surface area contributed by atoms with Gasteiger partial charge < -0.3 is 20.1 Å². The van der Waals surface area contributed by atoms with Crippen molar-refractivity contribution in [3.63, 3.8) is 0 Å². The fourth-order valence-electron chi connectivity index (χ4n) is 3.74. The van der Waals surface area contributed by atoms with Crippen LogP contribution < -0.4 is 21.1 Å². The Morgan fingerprint density at radius 3 is 2.70 bits per heavy atom. The molecular weight excluding hydrogens is 400 g/mol. The third-order valence-electron chi connectivity index (χ3n) is 5.48. The molecule has 3 aromatic rings. The number of benzene rings is 1. The van der Waals surface area contributed by atoms with Gasteiger partial charge in [0, 0.05) is 44.0 Å². The van der Waals surface area contributed by atoms with Gasteiger partial charge in [0.25, 0.3) is 5.56 Å². The van der Waals surface area contributed by atoms with Gasteiger partial charge in [0.15, 0.2) is 5.82 Å². The summed E-state index contributed by atoms with van der Waals surface area (Å²) in [5.41, 5.74) is 2.69. The minimum absolute atomic E-state index is 0.0902. The first kappa shape index (κ1) is 20.2. The molecule has 0 saturated carbocycles. The molecule has 1 saturated heterocycles. The van der Waals surface area contributed by atoms with E-state index in [0.717, 1.165) is 42.5 Å². The number of nitrogens with zero attached hydrogens (tertiary/aromatic N) is 4. The van der Waals surface area contributed by atoms with Crippen LogP contribution in [0.1, 0.15) is 24.8 Å². The normalized spacial score (nSPS) is 14.0. The second kappa shape index (κ2) is 8.36. The van der Waals surface area contributed by atoms with Crippen molar-refractivity contribution in [1.82, 2.24) is 19.9 Å². The van der Waals surface area contributed by atoms with Gasteiger partial charge in [0.1, 0.15) is 5.02 Å². The minimum atomic E-state index is -0.0902. The maximum absolute atomic E-state index is 12.6. The fraction of sp³-hybridized carbons (Fsp3) is 0.318. The standard InChI is InChI=1S/C22H25ClN6O/c1-14(24-2)17-12-15-11-16(7-8-19(15)28(3)21(17)30)26-20-18(23)13-25-22(27-20)29-9-5-4-6-10-29/h7-8,11-13,24H,1,4-6,9-10H2,2-3H3,(H,25,26,27). The number of hydrogen-bond donors (Lipinski definition) is 2. The van der Waals surface area contributed by atoms with Gasteiger partial charge in [-0.25, -0.2) is 4.98 Å². The number of rotatable bonds is 5. The Hall–Kier alpha value is -3.06. The number of nitrogens with one attached hydrogen (secondary N) is 2. The molecule has 2 N–H and O–H groups in total. The summed E-state index contributed by atoms with van der Waals surface area (Å²) in [5.74, 6) is 1.26. The van der Waals surface area contributed by atoms with Crippen LogP contribution in [0.15, 0.2) is 41.8 Å². The summed E-state index contributed by atoms with van der Waals surface area (Å²) in [6, 6.07) is 7.64. The van der Waals surface area contributed by atoms with Gasteiger partial charge in [0.2, 0.25) is 5.95 Å². The number of aromatic nitrogens is 3. The summed E-state index contributed by atoms with van der Waals surface area (Å²) < 4.78 is 1.63. The summed E-state index contributed by atoms with van der Waals surface area (Å²) in [5, 5.41) is 7.63. The third-order valence-corrected chi connectivity index (χ3v) is 5.76. The van der Waals surface area contributed by atoms with E-state index >= 15 is 0 Å². The van der Waals surface area contributed by atoms with Crippen molar-refractivity contribution in [1.29, 1.82) is 0 Å². The number of halogens is 1. The predicted octanol–water partition coefficient (Wildman–Crippen LogP) is 3.91. The molecule has 2 aromatic heterocycles. The fourth-order valence-corrected chi connectivity index (χ4v) is 3.88. The molecule has 3 heterocycles. The zero-order valence-electron chi connectivity index (χ0n) is 17.2. The number of pyridine rings is 1. The molecule has 8 heteroatoms. The Kier molecular flexibility index (Phi) is 5.63. The van der Waals surface area contributed by atoms with Crippen LogP contribution in [0.25, 0.3) is 16.6 Å². The number of anilines is 3. The van der Waals surface area contributed by atoms with Crippen molar-refractivity contribution >= 4 is 45.7 Å². The average molecular weight is 425 g/mol. The van der Waals surface area contributed by atoms with Crippen LogP contribution in [-0.2, 0) is 7.05 Å². The van der Waals surface area contributed by atoms with Crippen LogP contribution in [0.5, 0.6) is 0 Å². The third kappa shape index (κ3) is 3.85. The second-order valence-electron chi connectivity index (χ2n) is 7.46. The van der Waals surface area contributed by atoms with Crippen molar-refractivity contribution in [2.75, 3.05) is 30.4 Å². The number of fused-ring (bicyclic) bond motifs is 1. The van der Waals surface area contributed by atoms with Crippen LogP contribution in [-0.4, -0.2) is 34.7 Å². The maximum Gasteiger partial charge on any atom is 0.260 e. The molecule has 156 valence electrons. The molecule has 1 aromatic carbocycles. The highest BCUT2D eigenvalue weighted by Crippen LogP contribution is 2.28. The molecular formula is C22H25ClN6O. The van der Waals surface area contributed by atoms with Crippen LogP contribution in [0.3, 0.4) is 0 Å². The lowest BCUT2D eigenvalue weighted by Crippen LogP contribution is -2.31. The van der Waals surface area contributed by atoms with E-state index in [0.29, 0.717) is 28.0 Å². The van der Waals surface area contributed by atoms with E-state index in [4.69, 9.17) is 11.6 Å². The lowest BCUT2D eigenvalue weighted by Gasteiger charge is -2.26. The first-order valence-electron chi connectivity index (χ1n) is 10.0. The zero-order valence-corrected chi connectivity index (χ0v) is 18.0. The van der Waals surface area contributed by atoms with Crippen LogP contribution in [0, 0.1) is 0 Å². The van der Waals surface area contributed by atoms with Crippen molar-refractivity contribution in [2.45, 2.75) is 19.3 Å². The molecule has 0 amide bonds. The van der Waals surface area contributed by atoms with Crippen LogP contribution in [0.2, 0.25) is 5.02 Å². The van der Waals surface area contributed by atoms with Gasteiger partial charge in [-0.05, 0) is 43.5 Å². The number of aryl methyl sites for hydroxylation is 1. The van der Waals surface area contributed by atoms with Crippen LogP contribution >= 0.6 is 11.6 Å². The molecule has 0 radical (unpaired) electrons. The highest BCUT2D eigenvalue weighted by Gasteiger charge is 2.16. The molecule has 1 aliphatic heterocycles. The van der Waals surface area contributed by atoms with Crippen molar-refractivity contribution in [3.8, 4) is 0 Å². The molecule has 1 fully saturated rings. The Morgan fingerprint density at radius 2 is 1.97 bits per heavy atom. The molecule has 0 unspecified atom stereocenters. The number of hydrogen-bond acceptors (Lipinski definition) is 6. The lowest BCUT2D eigenvalue weighted by molar-refractivity contribution is 0.568. The van der Waals surface area contributed by atoms with Crippen molar-refractivity contribution < 1.29 is 0 Å². The van der Waals surface area contributed by atoms with Gasteiger partial charge in [-0.2, -0.15) is 4.98 Å². The van der Waals surface area contributed by atoms with E-state index in [1.807, 2.05) is 24.3 Å². The maximum atomic E-state index is 12.6. The van der Waals surface area contributed by atoms with Gasteiger partial charge in [-0.15, -0.1) is 0 Å². The monoisotopic (exact) mass is 424 g/mol. The van der Waals surface area contributed by atoms with Crippen molar-refractivity contribution in [2.24, 2.45) is 7.05 Å². The Balaban J connectivity index is 1.69. The van der Waals surface area contributed by atoms with E-state index in [-0.39, 0.29) is 5.56 Å². The minimum Gasteiger partial charge on any atom is -0.388 e. The van der Waals surface area contributed by atoms with E-state index in [1.54, 1.807) is 24.9 Å². The molecule has 0 aliphatic carbocycles. The molecule has 0 bridgehead atoms. The molecule has 1 aliphatic rings. The molecule has 0 spiro atoms. The second-order valence-corrected chi connectivity index (χ2v) is 7.87. The highest BCUT2D eigenvalue weighted by atomic mass is 35.5. The smallest absolute Gasteiger partial charge is 0.260 e. The Morgan fingerprint density at radius 1 is 1.20 bits per heavy atom. The SMILES string of the molecule is C=C(NC)c1cc2cc(Nc3nc(N4CCCCC4)ncc3Cl)ccc2n(C)c1=O. The average Bonchev–Trinajstić information content (AvgIpc) is 2.77. The summed E-state index contributed by atoms with van der Waals surface area (Å²) in [6.07, 6.45) is 5.19. The Bertz CT molecular complexity index is 1170. The Labute approximate surface area is 180 Å². The number of piperidine rings is 1. The largest absolute Gasteiger partial charge is 0.388 e. The summed E-state index contributed by atoms with van der Waals surface area (Å²) in [7, 11) is 3.51. The molecule has 4 rings (SSSR count). The molecule has 30 heavy (non-hydrogen) atoms. The van der Waals surface area contributed by atoms with Gasteiger partial charge in [-0.3, -0.25) is 4.79 Å². The van der Waals surface area contributed by atoms with E-state index < -0.39 is 0 Å². The van der Waals surface area contributed by atoms with Gasteiger partial charge in [-0.1, -0.05) is 18.2 Å². The lowest BCUT2D eigenvalue weighted by atomic mass is 10.1. The molecule has 0 atom stereocenters. The van der Waals surface area contributed by atoms with E-state index in [2.05, 4.69) is 32.1 Å².